The zero-order valence-corrected chi connectivity index (χ0v) is 31.8. The lowest BCUT2D eigenvalue weighted by Crippen LogP contribution is -2.49. The van der Waals surface area contributed by atoms with Crippen LogP contribution in [0.2, 0.25) is 5.02 Å². The third-order valence-corrected chi connectivity index (χ3v) is 9.80. The highest BCUT2D eigenvalue weighted by atomic mass is 79.9. The Morgan fingerprint density at radius 3 is 2.30 bits per heavy atom. The van der Waals surface area contributed by atoms with E-state index in [1.807, 2.05) is 0 Å². The molecule has 8 nitrogen and oxygen atoms in total. The molecule has 4 aromatic rings. The molecule has 1 aliphatic heterocycles. The molecule has 0 bridgehead atoms. The molecule has 1 aliphatic rings. The van der Waals surface area contributed by atoms with Crippen LogP contribution >= 0.6 is 27.5 Å². The summed E-state index contributed by atoms with van der Waals surface area (Å²) in [4.78, 5) is 42.5. The van der Waals surface area contributed by atoms with Crippen molar-refractivity contribution >= 4 is 39.4 Å². The van der Waals surface area contributed by atoms with Gasteiger partial charge in [-0.2, -0.15) is 26.3 Å². The monoisotopic (exact) mass is 877 g/mol. The maximum absolute atomic E-state index is 16.1. The maximum Gasteiger partial charge on any atom is 0.419 e. The van der Waals surface area contributed by atoms with Crippen molar-refractivity contribution in [1.29, 1.82) is 0 Å². The van der Waals surface area contributed by atoms with Gasteiger partial charge in [-0.3, -0.25) is 23.9 Å². The molecule has 2 atom stereocenters. The number of carbonyl (C=O) groups excluding carboxylic acids is 2. The molecule has 3 aromatic carbocycles. The molecule has 18 heteroatoms. The van der Waals surface area contributed by atoms with Crippen LogP contribution in [-0.4, -0.2) is 58.9 Å². The molecule has 1 fully saturated rings. The topological polar surface area (TPSA) is 101 Å². The molecule has 2 heterocycles. The summed E-state index contributed by atoms with van der Waals surface area (Å²) in [6.45, 7) is 2.64. The number of aryl methyl sites for hydroxylation is 1. The van der Waals surface area contributed by atoms with Crippen LogP contribution in [0.15, 0.2) is 70.1 Å². The Labute approximate surface area is 328 Å². The first kappa shape index (κ1) is 42.7. The van der Waals surface area contributed by atoms with Crippen LogP contribution in [-0.2, 0) is 33.1 Å². The largest absolute Gasteiger partial charge is 0.507 e. The van der Waals surface area contributed by atoms with Crippen molar-refractivity contribution in [3.05, 3.63) is 120 Å². The molecule has 0 saturated carbocycles. The van der Waals surface area contributed by atoms with E-state index in [1.165, 1.54) is 50.2 Å². The van der Waals surface area contributed by atoms with Crippen molar-refractivity contribution in [3.63, 3.8) is 0 Å². The summed E-state index contributed by atoms with van der Waals surface area (Å²) in [7, 11) is 0. The lowest BCUT2D eigenvalue weighted by Gasteiger charge is -2.34. The standard InChI is InChI=1S/C38H33BrClF8N3O5/c1-3-56-32(54)15-29(26-11-21(12-28(34(26)42)38(46,47)48)33-19(2)5-4-6-30(33)52)49-36(55)35(22-9-23(39)13-24(40)10-22)51-16-20(7-8-50-17-25(41)18-50)27(14-31(51)53)37(43,44)45/h4-6,9-14,16,25,29,35,52H,3,7-8,15,17-18H2,1-2H3,(H,49,55)/t29-,35?/m0/s1. The fourth-order valence-corrected chi connectivity index (χ4v) is 7.44. The summed E-state index contributed by atoms with van der Waals surface area (Å²) in [5.74, 6) is -4.67. The van der Waals surface area contributed by atoms with Gasteiger partial charge in [0.25, 0.3) is 5.56 Å². The number of alkyl halides is 7. The van der Waals surface area contributed by atoms with Crippen LogP contribution < -0.4 is 10.9 Å². The van der Waals surface area contributed by atoms with Crippen LogP contribution in [0.1, 0.15) is 58.8 Å². The number of phenols is 1. The van der Waals surface area contributed by atoms with Crippen molar-refractivity contribution in [2.24, 2.45) is 0 Å². The van der Waals surface area contributed by atoms with E-state index in [4.69, 9.17) is 16.3 Å². The number of ether oxygens (including phenoxy) is 1. The quantitative estimate of drug-likeness (QED) is 0.109. The zero-order valence-electron chi connectivity index (χ0n) is 29.5. The number of aromatic nitrogens is 1. The van der Waals surface area contributed by atoms with Gasteiger partial charge >= 0.3 is 18.3 Å². The Morgan fingerprint density at radius 2 is 1.71 bits per heavy atom. The van der Waals surface area contributed by atoms with Gasteiger partial charge in [0.05, 0.1) is 30.2 Å². The molecule has 1 saturated heterocycles. The summed E-state index contributed by atoms with van der Waals surface area (Å²) in [5, 5.41) is 13.0. The number of esters is 1. The predicted molar refractivity (Wildman–Crippen MR) is 193 cm³/mol. The van der Waals surface area contributed by atoms with E-state index in [2.05, 4.69) is 21.2 Å². The highest BCUT2D eigenvalue weighted by Gasteiger charge is 2.40. The molecule has 1 unspecified atom stereocenters. The van der Waals surface area contributed by atoms with Gasteiger partial charge in [0.2, 0.25) is 5.91 Å². The number of rotatable bonds is 12. The number of benzene rings is 3. The van der Waals surface area contributed by atoms with E-state index in [1.54, 1.807) is 4.90 Å². The minimum absolute atomic E-state index is 0.000552. The van der Waals surface area contributed by atoms with Gasteiger partial charge < -0.3 is 15.2 Å². The molecule has 300 valence electrons. The molecular formula is C38H33BrClF8N3O5. The summed E-state index contributed by atoms with van der Waals surface area (Å²) in [6, 6.07) is 5.85. The Kier molecular flexibility index (Phi) is 12.9. The van der Waals surface area contributed by atoms with Gasteiger partial charge in [-0.05, 0) is 78.9 Å². The first-order valence-corrected chi connectivity index (χ1v) is 18.1. The number of phenolic OH excluding ortho intramolecular Hbond substituents is 1. The maximum atomic E-state index is 16.1. The number of likely N-dealkylation sites (tertiary alicyclic amines) is 1. The summed E-state index contributed by atoms with van der Waals surface area (Å²) < 4.78 is 121. The van der Waals surface area contributed by atoms with E-state index in [0.717, 1.165) is 12.3 Å². The molecule has 0 radical (unpaired) electrons. The zero-order chi connectivity index (χ0) is 41.3. The number of amides is 1. The van der Waals surface area contributed by atoms with E-state index in [0.29, 0.717) is 16.2 Å². The number of hydrogen-bond acceptors (Lipinski definition) is 6. The normalized spacial score (nSPS) is 14.9. The number of halogens is 10. The predicted octanol–water partition coefficient (Wildman–Crippen LogP) is 8.72. The van der Waals surface area contributed by atoms with Gasteiger partial charge in [-0.15, -0.1) is 0 Å². The van der Waals surface area contributed by atoms with Crippen molar-refractivity contribution in [2.45, 2.75) is 57.3 Å². The number of nitrogens with zero attached hydrogens (tertiary/aromatic N) is 2. The van der Waals surface area contributed by atoms with Crippen LogP contribution in [0.5, 0.6) is 5.75 Å². The van der Waals surface area contributed by atoms with Crippen molar-refractivity contribution < 1.29 is 54.6 Å². The summed E-state index contributed by atoms with van der Waals surface area (Å²) in [6.07, 6.45) is -11.9. The third kappa shape index (κ3) is 9.72. The number of aromatic hydroxyl groups is 1. The van der Waals surface area contributed by atoms with E-state index >= 15 is 4.39 Å². The minimum atomic E-state index is -5.31. The Bertz CT molecular complexity index is 2150. The second-order valence-electron chi connectivity index (χ2n) is 13.1. The Morgan fingerprint density at radius 1 is 1.04 bits per heavy atom. The van der Waals surface area contributed by atoms with Crippen LogP contribution in [0, 0.1) is 12.7 Å². The van der Waals surface area contributed by atoms with E-state index in [9.17, 15) is 50.2 Å². The lowest BCUT2D eigenvalue weighted by molar-refractivity contribution is -0.144. The second kappa shape index (κ2) is 16.9. The number of nitrogens with one attached hydrogen (secondary N) is 1. The molecular weight excluding hydrogens is 846 g/mol. The van der Waals surface area contributed by atoms with Crippen LogP contribution in [0.4, 0.5) is 35.1 Å². The van der Waals surface area contributed by atoms with Gasteiger partial charge in [0.1, 0.15) is 23.8 Å². The van der Waals surface area contributed by atoms with Crippen molar-refractivity contribution in [2.75, 3.05) is 26.2 Å². The molecule has 1 aromatic heterocycles. The van der Waals surface area contributed by atoms with Crippen LogP contribution in [0.3, 0.4) is 0 Å². The highest BCUT2D eigenvalue weighted by Crippen LogP contribution is 2.42. The molecule has 2 N–H and O–H groups in total. The molecule has 1 amide bonds. The van der Waals surface area contributed by atoms with Gasteiger partial charge in [0.15, 0.2) is 0 Å². The van der Waals surface area contributed by atoms with Gasteiger partial charge in [-0.25, -0.2) is 8.78 Å². The first-order chi connectivity index (χ1) is 26.2. The van der Waals surface area contributed by atoms with Gasteiger partial charge in [0, 0.05) is 52.5 Å². The minimum Gasteiger partial charge on any atom is -0.507 e. The van der Waals surface area contributed by atoms with Crippen molar-refractivity contribution in [3.8, 4) is 16.9 Å². The molecule has 0 aliphatic carbocycles. The van der Waals surface area contributed by atoms with Crippen LogP contribution in [0.25, 0.3) is 11.1 Å². The highest BCUT2D eigenvalue weighted by molar-refractivity contribution is 9.10. The smallest absolute Gasteiger partial charge is 0.419 e. The van der Waals surface area contributed by atoms with Crippen molar-refractivity contribution in [1.82, 2.24) is 14.8 Å². The summed E-state index contributed by atoms with van der Waals surface area (Å²) in [5.41, 5.74) is -5.95. The second-order valence-corrected chi connectivity index (χ2v) is 14.5. The van der Waals surface area contributed by atoms with E-state index < -0.39 is 88.3 Å². The average molecular weight is 879 g/mol. The van der Waals surface area contributed by atoms with Gasteiger partial charge in [-0.1, -0.05) is 39.7 Å². The number of hydrogen-bond donors (Lipinski definition) is 2. The SMILES string of the molecule is CCOC(=O)C[C@H](NC(=O)C(c1cc(Cl)cc(Br)c1)n1cc(CCN2CC(F)C2)c(C(F)(F)F)cc1=O)c1cc(-c2c(C)cccc2O)cc(C(F)(F)F)c1F. The Balaban J connectivity index is 1.70. The fourth-order valence-electron chi connectivity index (χ4n) is 6.55. The Hall–Kier alpha value is -4.48. The summed E-state index contributed by atoms with van der Waals surface area (Å²) >= 11 is 9.50. The lowest BCUT2D eigenvalue weighted by atomic mass is 9.91. The van der Waals surface area contributed by atoms with E-state index in [-0.39, 0.29) is 64.9 Å². The number of carbonyl (C=O) groups is 2. The molecule has 56 heavy (non-hydrogen) atoms. The first-order valence-electron chi connectivity index (χ1n) is 17.0. The molecule has 0 spiro atoms. The fraction of sp³-hybridized carbons (Fsp3) is 0.342. The molecule has 5 rings (SSSR count). The number of pyridine rings is 1. The average Bonchev–Trinajstić information content (AvgIpc) is 3.06. The third-order valence-electron chi connectivity index (χ3n) is 9.12.